The molecule has 1 unspecified atom stereocenters. The zero-order valence-electron chi connectivity index (χ0n) is 14.6. The second-order valence-electron chi connectivity index (χ2n) is 6.54. The van der Waals surface area contributed by atoms with Gasteiger partial charge in [0.25, 0.3) is 5.89 Å². The van der Waals surface area contributed by atoms with Crippen LogP contribution in [-0.2, 0) is 10.2 Å². The molecule has 0 radical (unpaired) electrons. The maximum absolute atomic E-state index is 12.1. The van der Waals surface area contributed by atoms with Crippen LogP contribution in [0.25, 0.3) is 0 Å². The molecule has 26 heavy (non-hydrogen) atoms. The molecule has 0 fully saturated rings. The molecule has 1 atom stereocenters. The molecule has 0 amide bonds. The molecule has 0 aliphatic rings. The van der Waals surface area contributed by atoms with Gasteiger partial charge in [0.15, 0.2) is 18.5 Å². The minimum atomic E-state index is -4.47. The first-order valence-electron chi connectivity index (χ1n) is 7.66. The molecule has 7 nitrogen and oxygen atoms in total. The number of hydrogen-bond donors (Lipinski definition) is 0. The Morgan fingerprint density at radius 2 is 1.96 bits per heavy atom. The van der Waals surface area contributed by atoms with Gasteiger partial charge >= 0.3 is 12.1 Å². The van der Waals surface area contributed by atoms with E-state index in [2.05, 4.69) is 19.9 Å². The number of alkyl halides is 3. The van der Waals surface area contributed by atoms with E-state index in [-0.39, 0.29) is 22.7 Å². The maximum Gasteiger partial charge on any atom is 0.422 e. The van der Waals surface area contributed by atoms with E-state index in [9.17, 15) is 18.0 Å². The highest BCUT2D eigenvalue weighted by atomic mass is 19.4. The number of nitrogens with zero attached hydrogens (tertiary/aromatic N) is 3. The third kappa shape index (κ3) is 5.43. The Morgan fingerprint density at radius 1 is 1.27 bits per heavy atom. The Morgan fingerprint density at radius 3 is 2.46 bits per heavy atom. The molecule has 2 heterocycles. The number of hydrogen-bond acceptors (Lipinski definition) is 7. The predicted octanol–water partition coefficient (Wildman–Crippen LogP) is 3.62. The summed E-state index contributed by atoms with van der Waals surface area (Å²) in [6, 6.07) is 2.40. The summed E-state index contributed by atoms with van der Waals surface area (Å²) in [5.41, 5.74) is -0.270. The zero-order valence-corrected chi connectivity index (χ0v) is 14.6. The minimum Gasteiger partial charge on any atom is -0.468 e. The van der Waals surface area contributed by atoms with Crippen molar-refractivity contribution in [3.63, 3.8) is 0 Å². The highest BCUT2D eigenvalue weighted by Crippen LogP contribution is 2.23. The number of rotatable bonds is 5. The molecule has 10 heteroatoms. The predicted molar refractivity (Wildman–Crippen MR) is 82.6 cm³/mol. The lowest BCUT2D eigenvalue weighted by atomic mass is 9.96. The molecule has 0 N–H and O–H groups in total. The first-order valence-corrected chi connectivity index (χ1v) is 7.66. The van der Waals surface area contributed by atoms with Gasteiger partial charge in [0.1, 0.15) is 0 Å². The van der Waals surface area contributed by atoms with Gasteiger partial charge in [-0.15, -0.1) is 0 Å². The summed E-state index contributed by atoms with van der Waals surface area (Å²) in [7, 11) is 0. The number of esters is 1. The van der Waals surface area contributed by atoms with Crippen molar-refractivity contribution in [2.24, 2.45) is 0 Å². The molecule has 2 aromatic rings. The average molecular weight is 373 g/mol. The molecule has 0 aliphatic carbocycles. The summed E-state index contributed by atoms with van der Waals surface area (Å²) in [4.78, 5) is 19.9. The fourth-order valence-electron chi connectivity index (χ4n) is 1.73. The molecule has 0 spiro atoms. The summed E-state index contributed by atoms with van der Waals surface area (Å²) in [5, 5.41) is 3.84. The van der Waals surface area contributed by atoms with Gasteiger partial charge in [0.05, 0.1) is 5.56 Å². The monoisotopic (exact) mass is 373 g/mol. The van der Waals surface area contributed by atoms with E-state index < -0.39 is 24.9 Å². The zero-order chi connectivity index (χ0) is 19.5. The van der Waals surface area contributed by atoms with Gasteiger partial charge in [-0.3, -0.25) is 0 Å². The fourth-order valence-corrected chi connectivity index (χ4v) is 1.73. The van der Waals surface area contributed by atoms with E-state index in [0.29, 0.717) is 5.82 Å². The van der Waals surface area contributed by atoms with E-state index in [1.165, 1.54) is 6.07 Å². The van der Waals surface area contributed by atoms with Crippen LogP contribution in [0.3, 0.4) is 0 Å². The molecule has 0 bridgehead atoms. The van der Waals surface area contributed by atoms with Gasteiger partial charge in [-0.1, -0.05) is 25.9 Å². The van der Waals surface area contributed by atoms with Crippen LogP contribution in [0.15, 0.2) is 22.9 Å². The summed E-state index contributed by atoms with van der Waals surface area (Å²) < 4.78 is 51.0. The van der Waals surface area contributed by atoms with Gasteiger partial charge in [-0.2, -0.15) is 18.2 Å². The highest BCUT2D eigenvalue weighted by Gasteiger charge is 2.29. The molecular weight excluding hydrogens is 355 g/mol. The molecule has 2 aromatic heterocycles. The van der Waals surface area contributed by atoms with Crippen molar-refractivity contribution in [3.05, 3.63) is 35.6 Å². The van der Waals surface area contributed by atoms with E-state index in [0.717, 1.165) is 12.3 Å². The van der Waals surface area contributed by atoms with Crippen molar-refractivity contribution in [2.45, 2.75) is 45.4 Å². The maximum atomic E-state index is 12.1. The van der Waals surface area contributed by atoms with Crippen molar-refractivity contribution in [2.75, 3.05) is 6.61 Å². The van der Waals surface area contributed by atoms with Crippen molar-refractivity contribution in [3.8, 4) is 5.88 Å². The SMILES string of the molecule is CC(OC(=O)c1ccc(OCC(F)(F)F)nc1)c1nc(C(C)(C)C)no1. The standard InChI is InChI=1S/C16H18F3N3O4/c1-9(12-21-14(22-26-12)15(2,3)4)25-13(23)10-5-6-11(20-7-10)24-8-16(17,18)19/h5-7,9H,8H2,1-4H3. The largest absolute Gasteiger partial charge is 0.468 e. The van der Waals surface area contributed by atoms with Gasteiger partial charge in [0.2, 0.25) is 5.88 Å². The molecule has 0 saturated carbocycles. The normalized spacial score (nSPS) is 13.3. The smallest absolute Gasteiger partial charge is 0.422 e. The molecular formula is C16H18F3N3O4. The quantitative estimate of drug-likeness (QED) is 0.740. The first kappa shape index (κ1) is 19.7. The second kappa shape index (κ2) is 7.30. The number of carbonyl (C=O) groups is 1. The van der Waals surface area contributed by atoms with E-state index >= 15 is 0 Å². The van der Waals surface area contributed by atoms with Crippen LogP contribution in [0.4, 0.5) is 13.2 Å². The lowest BCUT2D eigenvalue weighted by Gasteiger charge is -2.12. The van der Waals surface area contributed by atoms with Crippen LogP contribution < -0.4 is 4.74 Å². The van der Waals surface area contributed by atoms with Crippen LogP contribution in [0, 0.1) is 0 Å². The number of pyridine rings is 1. The van der Waals surface area contributed by atoms with Crippen molar-refractivity contribution >= 4 is 5.97 Å². The average Bonchev–Trinajstić information content (AvgIpc) is 3.03. The van der Waals surface area contributed by atoms with Crippen LogP contribution in [0.2, 0.25) is 0 Å². The Labute approximate surface area is 147 Å². The van der Waals surface area contributed by atoms with E-state index in [4.69, 9.17) is 9.26 Å². The van der Waals surface area contributed by atoms with Crippen molar-refractivity contribution in [1.29, 1.82) is 0 Å². The molecule has 2 rings (SSSR count). The fraction of sp³-hybridized carbons (Fsp3) is 0.500. The summed E-state index contributed by atoms with van der Waals surface area (Å²) in [6.07, 6.45) is -4.20. The molecule has 0 saturated heterocycles. The lowest BCUT2D eigenvalue weighted by molar-refractivity contribution is -0.154. The highest BCUT2D eigenvalue weighted by molar-refractivity contribution is 5.89. The van der Waals surface area contributed by atoms with Crippen molar-refractivity contribution in [1.82, 2.24) is 15.1 Å². The minimum absolute atomic E-state index is 0.0479. The van der Waals surface area contributed by atoms with Crippen LogP contribution in [-0.4, -0.2) is 33.9 Å². The number of halogens is 3. The lowest BCUT2D eigenvalue weighted by Crippen LogP contribution is -2.19. The Kier molecular flexibility index (Phi) is 5.53. The molecule has 0 aromatic carbocycles. The van der Waals surface area contributed by atoms with E-state index in [1.54, 1.807) is 6.92 Å². The third-order valence-corrected chi connectivity index (χ3v) is 3.10. The number of carbonyl (C=O) groups excluding carboxylic acids is 1. The second-order valence-corrected chi connectivity index (χ2v) is 6.54. The first-order chi connectivity index (χ1) is 12.0. The summed E-state index contributed by atoms with van der Waals surface area (Å²) in [6.45, 7) is 5.82. The molecule has 142 valence electrons. The summed E-state index contributed by atoms with van der Waals surface area (Å²) in [5.74, 6) is -0.369. The Bertz CT molecular complexity index is 751. The van der Waals surface area contributed by atoms with E-state index in [1.807, 2.05) is 20.8 Å². The van der Waals surface area contributed by atoms with Gasteiger partial charge in [-0.05, 0) is 13.0 Å². The molecule has 0 aliphatic heterocycles. The van der Waals surface area contributed by atoms with Crippen LogP contribution >= 0.6 is 0 Å². The number of aromatic nitrogens is 3. The Balaban J connectivity index is 1.97. The summed E-state index contributed by atoms with van der Waals surface area (Å²) >= 11 is 0. The van der Waals surface area contributed by atoms with Gasteiger partial charge in [-0.25, -0.2) is 9.78 Å². The van der Waals surface area contributed by atoms with Crippen molar-refractivity contribution < 1.29 is 32.0 Å². The van der Waals surface area contributed by atoms with Crippen LogP contribution in [0.1, 0.15) is 55.9 Å². The van der Waals surface area contributed by atoms with Gasteiger partial charge < -0.3 is 14.0 Å². The third-order valence-electron chi connectivity index (χ3n) is 3.10. The Hall–Kier alpha value is -2.65. The topological polar surface area (TPSA) is 87.3 Å². The van der Waals surface area contributed by atoms with Crippen LogP contribution in [0.5, 0.6) is 5.88 Å². The van der Waals surface area contributed by atoms with Gasteiger partial charge in [0, 0.05) is 17.7 Å². The number of ether oxygens (including phenoxy) is 2.